The van der Waals surface area contributed by atoms with Crippen molar-refractivity contribution in [1.82, 2.24) is 0 Å². The van der Waals surface area contributed by atoms with Crippen LogP contribution in [0.3, 0.4) is 0 Å². The summed E-state index contributed by atoms with van der Waals surface area (Å²) >= 11 is -4.95. The van der Waals surface area contributed by atoms with Crippen LogP contribution >= 0.6 is 0 Å². The summed E-state index contributed by atoms with van der Waals surface area (Å²) < 4.78 is 12.7. The molecule has 0 aromatic rings. The van der Waals surface area contributed by atoms with Crippen molar-refractivity contribution in [3.05, 3.63) is 0 Å². The first-order valence-corrected chi connectivity index (χ1v) is 18.9. The summed E-state index contributed by atoms with van der Waals surface area (Å²) in [6, 6.07) is 0. The fourth-order valence-electron chi connectivity index (χ4n) is 2.74. The summed E-state index contributed by atoms with van der Waals surface area (Å²) in [5, 5.41) is 9.97. The molecule has 0 aliphatic carbocycles. The Morgan fingerprint density at radius 1 is 0.783 bits per heavy atom. The van der Waals surface area contributed by atoms with Gasteiger partial charge in [-0.05, 0) is 0 Å². The van der Waals surface area contributed by atoms with Crippen LogP contribution in [0.15, 0.2) is 0 Å². The Morgan fingerprint density at radius 2 is 1.13 bits per heavy atom. The monoisotopic (exact) mass is 546 g/mol. The van der Waals surface area contributed by atoms with Gasteiger partial charge in [-0.15, -0.1) is 0 Å². The van der Waals surface area contributed by atoms with Gasteiger partial charge in [-0.25, -0.2) is 0 Å². The van der Waals surface area contributed by atoms with E-state index < -0.39 is 58.4 Å². The number of aliphatic hydroxyl groups excluding tert-OH is 1. The third-order valence-corrected chi connectivity index (χ3v) is 21.7. The van der Waals surface area contributed by atoms with Gasteiger partial charge in [0.1, 0.15) is 0 Å². The molecule has 1 atom stereocenters. The van der Waals surface area contributed by atoms with E-state index in [9.17, 15) is 14.7 Å². The van der Waals surface area contributed by atoms with E-state index in [1.807, 2.05) is 0 Å². The Kier molecular flexibility index (Phi) is 11.4. The van der Waals surface area contributed by atoms with Crippen molar-refractivity contribution in [2.75, 3.05) is 0 Å². The topological polar surface area (TPSA) is 72.8 Å². The number of rotatable bonds is 9. The zero-order chi connectivity index (χ0) is 18.3. The first-order valence-electron chi connectivity index (χ1n) is 8.55. The average Bonchev–Trinajstić information content (AvgIpc) is 2.40. The minimum atomic E-state index is -2.51. The second kappa shape index (κ2) is 11.2. The quantitative estimate of drug-likeness (QED) is 0.453. The van der Waals surface area contributed by atoms with E-state index in [2.05, 4.69) is 55.4 Å². The molecule has 0 aromatic heterocycles. The Labute approximate surface area is 156 Å². The molecule has 0 saturated heterocycles. The van der Waals surface area contributed by atoms with Crippen LogP contribution in [0.4, 0.5) is 0 Å². The van der Waals surface area contributed by atoms with E-state index in [1.54, 1.807) is 0 Å². The Morgan fingerprint density at radius 3 is 1.48 bits per heavy atom. The van der Waals surface area contributed by atoms with Crippen molar-refractivity contribution in [2.45, 2.75) is 83.6 Å². The SMILES string of the molecule is C[CH](C)[SnH]([O]C(=O)CC(O)C(=O)[O][SnH]([CH](C)C)[CH](C)C)[CH](C)C. The molecule has 136 valence electrons. The Balaban J connectivity index is 4.59. The molecule has 0 amide bonds. The van der Waals surface area contributed by atoms with E-state index in [0.717, 1.165) is 0 Å². The van der Waals surface area contributed by atoms with Gasteiger partial charge in [0, 0.05) is 0 Å². The molecule has 0 saturated carbocycles. The molecule has 0 rings (SSSR count). The first kappa shape index (κ1) is 23.5. The van der Waals surface area contributed by atoms with Crippen LogP contribution in [0.5, 0.6) is 0 Å². The van der Waals surface area contributed by atoms with Gasteiger partial charge in [0.05, 0.1) is 0 Å². The first-order chi connectivity index (χ1) is 10.5. The van der Waals surface area contributed by atoms with Gasteiger partial charge in [0.25, 0.3) is 0 Å². The summed E-state index contributed by atoms with van der Waals surface area (Å²) in [6.45, 7) is 16.5. The number of carbonyl (C=O) groups is 2. The fourth-order valence-corrected chi connectivity index (χ4v) is 17.0. The Hall–Kier alpha value is 0.497. The fraction of sp³-hybridized carbons (Fsp3) is 0.875. The molecule has 0 aromatic carbocycles. The molecule has 0 spiro atoms. The molecule has 0 heterocycles. The number of carbonyl (C=O) groups excluding carboxylic acids is 2. The van der Waals surface area contributed by atoms with Crippen LogP contribution in [0.2, 0.25) is 15.7 Å². The van der Waals surface area contributed by atoms with Gasteiger partial charge in [0.15, 0.2) is 0 Å². The van der Waals surface area contributed by atoms with Gasteiger partial charge in [0.2, 0.25) is 0 Å². The van der Waals surface area contributed by atoms with Gasteiger partial charge in [-0.1, -0.05) is 0 Å². The van der Waals surface area contributed by atoms with Crippen molar-refractivity contribution in [3.63, 3.8) is 0 Å². The molecule has 1 unspecified atom stereocenters. The predicted octanol–water partition coefficient (Wildman–Crippen LogP) is 2.91. The zero-order valence-corrected chi connectivity index (χ0v) is 22.4. The van der Waals surface area contributed by atoms with Crippen LogP contribution in [0.25, 0.3) is 0 Å². The predicted molar refractivity (Wildman–Crippen MR) is 97.5 cm³/mol. The van der Waals surface area contributed by atoms with E-state index in [-0.39, 0.29) is 6.42 Å². The second-order valence-electron chi connectivity index (χ2n) is 7.55. The van der Waals surface area contributed by atoms with Crippen molar-refractivity contribution in [3.8, 4) is 0 Å². The summed E-state index contributed by atoms with van der Waals surface area (Å²) in [5.74, 6) is -1.11. The van der Waals surface area contributed by atoms with Gasteiger partial charge in [-0.3, -0.25) is 0 Å². The molecule has 0 fully saturated rings. The minimum absolute atomic E-state index is 0.291. The van der Waals surface area contributed by atoms with E-state index in [1.165, 1.54) is 0 Å². The van der Waals surface area contributed by atoms with Gasteiger partial charge in [-0.2, -0.15) is 0 Å². The van der Waals surface area contributed by atoms with E-state index in [0.29, 0.717) is 15.7 Å². The van der Waals surface area contributed by atoms with Crippen LogP contribution < -0.4 is 0 Å². The summed E-state index contributed by atoms with van der Waals surface area (Å²) in [4.78, 5) is 24.1. The van der Waals surface area contributed by atoms with Crippen molar-refractivity contribution >= 4 is 52.3 Å². The molecule has 23 heavy (non-hydrogen) atoms. The molecular formula is C16H34O5Sn2. The van der Waals surface area contributed by atoms with Crippen molar-refractivity contribution < 1.29 is 20.8 Å². The van der Waals surface area contributed by atoms with Crippen LogP contribution in [-0.2, 0) is 15.7 Å². The molecular weight excluding hydrogens is 510 g/mol. The molecule has 0 radical (unpaired) electrons. The third-order valence-electron chi connectivity index (χ3n) is 3.78. The maximum atomic E-state index is 12.0. The molecule has 0 aliphatic rings. The van der Waals surface area contributed by atoms with Crippen LogP contribution in [0, 0.1) is 0 Å². The number of aliphatic hydroxyl groups is 1. The zero-order valence-electron chi connectivity index (χ0n) is 15.8. The van der Waals surface area contributed by atoms with Crippen molar-refractivity contribution in [1.29, 1.82) is 0 Å². The van der Waals surface area contributed by atoms with Crippen LogP contribution in [0.1, 0.15) is 61.8 Å². The van der Waals surface area contributed by atoms with Crippen molar-refractivity contribution in [2.24, 2.45) is 0 Å². The molecule has 5 nitrogen and oxygen atoms in total. The molecule has 7 heteroatoms. The molecule has 0 bridgehead atoms. The Bertz CT molecular complexity index is 367. The number of hydrogen-bond donors (Lipinski definition) is 1. The summed E-state index contributed by atoms with van der Waals surface area (Å²) in [5.41, 5.74) is 0. The number of hydrogen-bond acceptors (Lipinski definition) is 5. The maximum absolute atomic E-state index is 12.0. The molecule has 0 aliphatic heterocycles. The summed E-state index contributed by atoms with van der Waals surface area (Å²) in [7, 11) is 0. The normalized spacial score (nSPS) is 13.5. The summed E-state index contributed by atoms with van der Waals surface area (Å²) in [6.07, 6.45) is -1.69. The van der Waals surface area contributed by atoms with Gasteiger partial charge >= 0.3 is 157 Å². The van der Waals surface area contributed by atoms with E-state index in [4.69, 9.17) is 6.15 Å². The van der Waals surface area contributed by atoms with E-state index >= 15 is 0 Å². The average molecular weight is 544 g/mol. The molecule has 1 N–H and O–H groups in total. The third kappa shape index (κ3) is 8.95. The van der Waals surface area contributed by atoms with Crippen LogP contribution in [-0.4, -0.2) is 63.5 Å². The van der Waals surface area contributed by atoms with Gasteiger partial charge < -0.3 is 0 Å². The standard InChI is InChI=1S/C4H6O5.4C3H7.2Sn.2H/c5-2(4(8)9)1-3(6)7;4*1-3-2;;;;/h2,5H,1H2,(H,6,7)(H,8,9);4*3H,1-2H3;;;;/q;;;;;2*+1;;/p-2. The second-order valence-corrected chi connectivity index (χ2v) is 29.4.